The Bertz CT molecular complexity index is 1170. The van der Waals surface area contributed by atoms with Gasteiger partial charge in [0, 0.05) is 25.3 Å². The Morgan fingerprint density at radius 2 is 1.82 bits per heavy atom. The van der Waals surface area contributed by atoms with Gasteiger partial charge in [-0.1, -0.05) is 49.6 Å². The van der Waals surface area contributed by atoms with Crippen LogP contribution in [0.1, 0.15) is 50.5 Å². The maximum absolute atomic E-state index is 13.6. The van der Waals surface area contributed by atoms with E-state index in [1.54, 1.807) is 10.8 Å². The number of fused-ring (bicyclic) bond motifs is 1. The van der Waals surface area contributed by atoms with Gasteiger partial charge < -0.3 is 10.2 Å². The topological polar surface area (TPSA) is 80.1 Å². The zero-order valence-corrected chi connectivity index (χ0v) is 18.9. The molecule has 2 aromatic heterocycles. The fraction of sp³-hybridized carbons (Fsp3) is 0.462. The summed E-state index contributed by atoms with van der Waals surface area (Å²) in [5.74, 6) is 0.425. The van der Waals surface area contributed by atoms with E-state index in [2.05, 4.69) is 10.3 Å². The van der Waals surface area contributed by atoms with Gasteiger partial charge in [-0.2, -0.15) is 0 Å². The molecule has 7 nitrogen and oxygen atoms in total. The smallest absolute Gasteiger partial charge is 0.295 e. The van der Waals surface area contributed by atoms with Gasteiger partial charge in [0.05, 0.1) is 12.5 Å². The number of nitrogens with zero attached hydrogens (tertiary/aromatic N) is 4. The number of aromatic nitrogens is 3. The molecule has 1 saturated heterocycles. The molecule has 1 saturated carbocycles. The molecule has 1 aliphatic heterocycles. The highest BCUT2D eigenvalue weighted by Gasteiger charge is 2.30. The summed E-state index contributed by atoms with van der Waals surface area (Å²) in [5.41, 5.74) is 2.15. The van der Waals surface area contributed by atoms with E-state index in [1.807, 2.05) is 47.4 Å². The van der Waals surface area contributed by atoms with Gasteiger partial charge in [-0.3, -0.25) is 14.2 Å². The lowest BCUT2D eigenvalue weighted by molar-refractivity contribution is -0.126. The van der Waals surface area contributed by atoms with Crippen molar-refractivity contribution in [1.82, 2.24) is 19.9 Å². The van der Waals surface area contributed by atoms with Crippen molar-refractivity contribution < 1.29 is 4.79 Å². The molecule has 3 heterocycles. The average molecular weight is 446 g/mol. The fourth-order valence-corrected chi connectivity index (χ4v) is 5.13. The highest BCUT2D eigenvalue weighted by molar-refractivity contribution is 5.80. The molecule has 0 radical (unpaired) electrons. The number of nitrogens with one attached hydrogen (secondary N) is 1. The molecule has 33 heavy (non-hydrogen) atoms. The normalized spacial score (nSPS) is 19.5. The molecule has 0 unspecified atom stereocenters. The number of pyridine rings is 1. The van der Waals surface area contributed by atoms with Crippen LogP contribution in [0.3, 0.4) is 0 Å². The molecule has 2 aliphatic rings. The number of hydrogen-bond acceptors (Lipinski definition) is 5. The SMILES string of the molecule is O=C(NC1CCCCC1)[C@@H]1CCCN(c2nc3cccnc3n(Cc3ccccc3)c2=O)C1. The second kappa shape index (κ2) is 9.73. The molecule has 0 spiro atoms. The minimum Gasteiger partial charge on any atom is -0.353 e. The Labute approximate surface area is 193 Å². The summed E-state index contributed by atoms with van der Waals surface area (Å²) in [4.78, 5) is 37.8. The highest BCUT2D eigenvalue weighted by atomic mass is 16.2. The van der Waals surface area contributed by atoms with Gasteiger partial charge in [0.25, 0.3) is 5.56 Å². The van der Waals surface area contributed by atoms with Crippen molar-refractivity contribution in [3.8, 4) is 0 Å². The van der Waals surface area contributed by atoms with Crippen LogP contribution in [0.2, 0.25) is 0 Å². The average Bonchev–Trinajstić information content (AvgIpc) is 2.87. The largest absolute Gasteiger partial charge is 0.353 e. The first-order valence-corrected chi connectivity index (χ1v) is 12.1. The van der Waals surface area contributed by atoms with Crippen LogP contribution in [0, 0.1) is 5.92 Å². The Kier molecular flexibility index (Phi) is 6.37. The van der Waals surface area contributed by atoms with Crippen LogP contribution in [0.25, 0.3) is 11.2 Å². The summed E-state index contributed by atoms with van der Waals surface area (Å²) in [6.07, 6.45) is 9.21. The number of carbonyl (C=O) groups is 1. The lowest BCUT2D eigenvalue weighted by Crippen LogP contribution is -2.48. The number of hydrogen-bond donors (Lipinski definition) is 1. The monoisotopic (exact) mass is 445 g/mol. The van der Waals surface area contributed by atoms with Gasteiger partial charge in [-0.15, -0.1) is 0 Å². The van der Waals surface area contributed by atoms with Crippen molar-refractivity contribution in [3.05, 3.63) is 64.6 Å². The molecule has 172 valence electrons. The summed E-state index contributed by atoms with van der Waals surface area (Å²) >= 11 is 0. The van der Waals surface area contributed by atoms with E-state index in [-0.39, 0.29) is 17.4 Å². The summed E-state index contributed by atoms with van der Waals surface area (Å²) < 4.78 is 1.71. The summed E-state index contributed by atoms with van der Waals surface area (Å²) in [6, 6.07) is 14.0. The van der Waals surface area contributed by atoms with Gasteiger partial charge in [-0.05, 0) is 43.4 Å². The maximum atomic E-state index is 13.6. The Morgan fingerprint density at radius 1 is 1.00 bits per heavy atom. The third-order valence-electron chi connectivity index (χ3n) is 6.91. The molecule has 1 N–H and O–H groups in total. The van der Waals surface area contributed by atoms with E-state index in [1.165, 1.54) is 19.3 Å². The third kappa shape index (κ3) is 4.77. The van der Waals surface area contributed by atoms with E-state index in [9.17, 15) is 9.59 Å². The Hall–Kier alpha value is -3.22. The summed E-state index contributed by atoms with van der Waals surface area (Å²) in [5, 5.41) is 3.27. The predicted molar refractivity (Wildman–Crippen MR) is 129 cm³/mol. The van der Waals surface area contributed by atoms with E-state index < -0.39 is 0 Å². The lowest BCUT2D eigenvalue weighted by atomic mass is 9.93. The molecular weight excluding hydrogens is 414 g/mol. The zero-order valence-electron chi connectivity index (χ0n) is 18.9. The number of rotatable bonds is 5. The van der Waals surface area contributed by atoms with Crippen molar-refractivity contribution in [2.45, 2.75) is 57.5 Å². The van der Waals surface area contributed by atoms with Crippen LogP contribution < -0.4 is 15.8 Å². The van der Waals surface area contributed by atoms with Gasteiger partial charge in [0.15, 0.2) is 11.5 Å². The molecule has 1 aromatic carbocycles. The van der Waals surface area contributed by atoms with Crippen molar-refractivity contribution in [1.29, 1.82) is 0 Å². The minimum atomic E-state index is -0.154. The lowest BCUT2D eigenvalue weighted by Gasteiger charge is -2.34. The first-order chi connectivity index (χ1) is 16.2. The number of benzene rings is 1. The van der Waals surface area contributed by atoms with E-state index >= 15 is 0 Å². The number of amides is 1. The van der Waals surface area contributed by atoms with Crippen LogP contribution in [0.4, 0.5) is 5.82 Å². The molecule has 1 aliphatic carbocycles. The van der Waals surface area contributed by atoms with Gasteiger partial charge >= 0.3 is 0 Å². The molecule has 1 atom stereocenters. The third-order valence-corrected chi connectivity index (χ3v) is 6.91. The van der Waals surface area contributed by atoms with E-state index in [0.29, 0.717) is 36.1 Å². The number of anilines is 1. The van der Waals surface area contributed by atoms with Gasteiger partial charge in [0.2, 0.25) is 5.91 Å². The minimum absolute atomic E-state index is 0.117. The second-order valence-electron chi connectivity index (χ2n) is 9.29. The maximum Gasteiger partial charge on any atom is 0.295 e. The van der Waals surface area contributed by atoms with Gasteiger partial charge in [0.1, 0.15) is 5.52 Å². The van der Waals surface area contributed by atoms with Crippen molar-refractivity contribution in [2.75, 3.05) is 18.0 Å². The predicted octanol–water partition coefficient (Wildman–Crippen LogP) is 3.51. The second-order valence-corrected chi connectivity index (χ2v) is 9.29. The zero-order chi connectivity index (χ0) is 22.6. The molecule has 2 fully saturated rings. The van der Waals surface area contributed by atoms with Crippen molar-refractivity contribution in [2.24, 2.45) is 5.92 Å². The van der Waals surface area contributed by atoms with Crippen LogP contribution in [0.15, 0.2) is 53.5 Å². The van der Waals surface area contributed by atoms with Crippen LogP contribution in [0.5, 0.6) is 0 Å². The van der Waals surface area contributed by atoms with Crippen LogP contribution in [-0.4, -0.2) is 39.6 Å². The Morgan fingerprint density at radius 3 is 2.64 bits per heavy atom. The molecule has 7 heteroatoms. The van der Waals surface area contributed by atoms with Crippen LogP contribution in [-0.2, 0) is 11.3 Å². The fourth-order valence-electron chi connectivity index (χ4n) is 5.13. The standard InChI is InChI=1S/C26H31N5O2/c32-25(28-21-12-5-2-6-13-21)20-11-8-16-30(18-20)24-26(33)31(17-19-9-3-1-4-10-19)23-22(29-24)14-7-15-27-23/h1,3-4,7,9-10,14-15,20-21H,2,5-6,8,11-13,16-18H2,(H,28,32)/t20-/m1/s1. The number of piperidine rings is 1. The van der Waals surface area contributed by atoms with Crippen LogP contribution >= 0.6 is 0 Å². The summed E-state index contributed by atoms with van der Waals surface area (Å²) in [7, 11) is 0. The molecule has 5 rings (SSSR count). The first-order valence-electron chi connectivity index (χ1n) is 12.1. The first kappa shape index (κ1) is 21.6. The van der Waals surface area contributed by atoms with E-state index in [0.717, 1.165) is 37.8 Å². The quantitative estimate of drug-likeness (QED) is 0.650. The highest BCUT2D eigenvalue weighted by Crippen LogP contribution is 2.23. The van der Waals surface area contributed by atoms with Crippen molar-refractivity contribution >= 4 is 22.9 Å². The molecule has 0 bridgehead atoms. The van der Waals surface area contributed by atoms with E-state index in [4.69, 9.17) is 4.98 Å². The van der Waals surface area contributed by atoms with Gasteiger partial charge in [-0.25, -0.2) is 9.97 Å². The molecular formula is C26H31N5O2. The Balaban J connectivity index is 1.42. The summed E-state index contributed by atoms with van der Waals surface area (Å²) in [6.45, 7) is 1.69. The number of carbonyl (C=O) groups excluding carboxylic acids is 1. The van der Waals surface area contributed by atoms with Crippen molar-refractivity contribution in [3.63, 3.8) is 0 Å². The molecule has 1 amide bonds. The molecule has 3 aromatic rings.